The molecular formula is C19H19N2OS2+. The molecule has 24 heavy (non-hydrogen) atoms. The van der Waals surface area contributed by atoms with Crippen LogP contribution in [0, 0.1) is 0 Å². The summed E-state index contributed by atoms with van der Waals surface area (Å²) in [5.74, 6) is 0.965. The van der Waals surface area contributed by atoms with Crippen LogP contribution >= 0.6 is 23.1 Å². The van der Waals surface area contributed by atoms with E-state index < -0.39 is 0 Å². The van der Waals surface area contributed by atoms with Crippen LogP contribution in [0.2, 0.25) is 0 Å². The number of benzene rings is 1. The molecule has 3 nitrogen and oxygen atoms in total. The summed E-state index contributed by atoms with van der Waals surface area (Å²) in [6.45, 7) is 1.57. The molecule has 0 saturated carbocycles. The zero-order valence-corrected chi connectivity index (χ0v) is 15.1. The summed E-state index contributed by atoms with van der Waals surface area (Å²) in [5, 5.41) is 0. The van der Waals surface area contributed by atoms with E-state index in [2.05, 4.69) is 24.3 Å². The molecule has 0 spiro atoms. The lowest BCUT2D eigenvalue weighted by atomic mass is 10.2. The molecule has 0 unspecified atom stereocenters. The Morgan fingerprint density at radius 3 is 2.46 bits per heavy atom. The number of nitrogens with two attached hydrogens (primary N) is 1. The summed E-state index contributed by atoms with van der Waals surface area (Å²) in [5.41, 5.74) is 9.09. The molecule has 5 heteroatoms. The van der Waals surface area contributed by atoms with Crippen LogP contribution in [-0.4, -0.2) is 11.5 Å². The van der Waals surface area contributed by atoms with E-state index in [9.17, 15) is 4.79 Å². The summed E-state index contributed by atoms with van der Waals surface area (Å²) in [6, 6.07) is 16.3. The van der Waals surface area contributed by atoms with Crippen molar-refractivity contribution in [3.8, 4) is 5.69 Å². The SMILES string of the molecule is CC(=O)c1sc(SCCc2ccccc2)c(-[n+]2ccccc2)c1N. The summed E-state index contributed by atoms with van der Waals surface area (Å²) in [6.07, 6.45) is 4.91. The highest BCUT2D eigenvalue weighted by atomic mass is 32.2. The molecule has 0 fully saturated rings. The summed E-state index contributed by atoms with van der Waals surface area (Å²) in [4.78, 5) is 12.5. The average molecular weight is 356 g/mol. The third-order valence-electron chi connectivity index (χ3n) is 3.65. The van der Waals surface area contributed by atoms with Gasteiger partial charge in [-0.15, -0.1) is 23.1 Å². The zero-order valence-electron chi connectivity index (χ0n) is 13.4. The van der Waals surface area contributed by atoms with Gasteiger partial charge in [-0.1, -0.05) is 36.4 Å². The molecule has 3 aromatic rings. The van der Waals surface area contributed by atoms with Gasteiger partial charge in [0.2, 0.25) is 0 Å². The highest BCUT2D eigenvalue weighted by Gasteiger charge is 2.26. The number of carbonyl (C=O) groups is 1. The number of aromatic nitrogens is 1. The van der Waals surface area contributed by atoms with Crippen molar-refractivity contribution in [1.82, 2.24) is 0 Å². The number of Topliss-reactive ketones (excluding diaryl/α,β-unsaturated/α-hetero) is 1. The Bertz CT molecular complexity index is 829. The van der Waals surface area contributed by atoms with E-state index in [-0.39, 0.29) is 5.78 Å². The summed E-state index contributed by atoms with van der Waals surface area (Å²) >= 11 is 3.25. The molecule has 0 aliphatic carbocycles. The van der Waals surface area contributed by atoms with Gasteiger partial charge in [0.25, 0.3) is 5.69 Å². The van der Waals surface area contributed by atoms with Gasteiger partial charge in [-0.05, 0) is 12.0 Å². The van der Waals surface area contributed by atoms with Gasteiger partial charge < -0.3 is 5.73 Å². The van der Waals surface area contributed by atoms with Crippen molar-refractivity contribution in [2.75, 3.05) is 11.5 Å². The zero-order chi connectivity index (χ0) is 16.9. The van der Waals surface area contributed by atoms with E-state index >= 15 is 0 Å². The number of anilines is 1. The minimum Gasteiger partial charge on any atom is -0.392 e. The van der Waals surface area contributed by atoms with E-state index in [4.69, 9.17) is 5.73 Å². The lowest BCUT2D eigenvalue weighted by Gasteiger charge is -2.01. The van der Waals surface area contributed by atoms with Gasteiger partial charge in [0, 0.05) is 24.8 Å². The number of nitrogen functional groups attached to an aromatic ring is 1. The molecule has 0 aliphatic rings. The fourth-order valence-electron chi connectivity index (χ4n) is 2.47. The number of pyridine rings is 1. The van der Waals surface area contributed by atoms with Crippen molar-refractivity contribution >= 4 is 34.6 Å². The predicted molar refractivity (Wildman–Crippen MR) is 101 cm³/mol. The topological polar surface area (TPSA) is 47.0 Å². The average Bonchev–Trinajstić information content (AvgIpc) is 2.93. The van der Waals surface area contributed by atoms with Crippen LogP contribution in [0.4, 0.5) is 5.69 Å². The van der Waals surface area contributed by atoms with Gasteiger partial charge in [-0.25, -0.2) is 0 Å². The van der Waals surface area contributed by atoms with Crippen molar-refractivity contribution in [2.45, 2.75) is 17.6 Å². The first kappa shape index (κ1) is 16.7. The molecular weight excluding hydrogens is 336 g/mol. The fourth-order valence-corrected chi connectivity index (χ4v) is 4.93. The number of rotatable bonds is 6. The Balaban J connectivity index is 1.86. The van der Waals surface area contributed by atoms with Gasteiger partial charge in [0.05, 0.1) is 0 Å². The Hall–Kier alpha value is -2.11. The van der Waals surface area contributed by atoms with Crippen LogP contribution in [-0.2, 0) is 6.42 Å². The molecule has 0 amide bonds. The number of hydrogen-bond acceptors (Lipinski definition) is 4. The molecule has 2 N–H and O–H groups in total. The second kappa shape index (κ2) is 7.64. The monoisotopic (exact) mass is 355 g/mol. The first-order chi connectivity index (χ1) is 11.7. The van der Waals surface area contributed by atoms with Crippen LogP contribution in [0.25, 0.3) is 5.69 Å². The van der Waals surface area contributed by atoms with Crippen LogP contribution in [0.15, 0.2) is 65.1 Å². The second-order valence-corrected chi connectivity index (χ2v) is 7.79. The highest BCUT2D eigenvalue weighted by Crippen LogP contribution is 2.38. The van der Waals surface area contributed by atoms with E-state index in [1.165, 1.54) is 16.9 Å². The Morgan fingerprint density at radius 1 is 1.12 bits per heavy atom. The lowest BCUT2D eigenvalue weighted by Crippen LogP contribution is -2.30. The van der Waals surface area contributed by atoms with Crippen molar-refractivity contribution in [3.05, 3.63) is 71.4 Å². The minimum atomic E-state index is 0.0187. The van der Waals surface area contributed by atoms with Gasteiger partial charge >= 0.3 is 0 Å². The molecule has 0 saturated heterocycles. The van der Waals surface area contributed by atoms with Crippen molar-refractivity contribution in [3.63, 3.8) is 0 Å². The number of ketones is 1. The minimum absolute atomic E-state index is 0.0187. The van der Waals surface area contributed by atoms with Crippen LogP contribution in [0.5, 0.6) is 0 Å². The van der Waals surface area contributed by atoms with Gasteiger partial charge in [0.15, 0.2) is 18.2 Å². The van der Waals surface area contributed by atoms with Crippen molar-refractivity contribution in [2.24, 2.45) is 0 Å². The number of thiophene rings is 1. The first-order valence-corrected chi connectivity index (χ1v) is 9.53. The molecule has 2 heterocycles. The molecule has 0 bridgehead atoms. The van der Waals surface area contributed by atoms with Crippen LogP contribution in [0.3, 0.4) is 0 Å². The standard InChI is InChI=1S/C19H18N2OS2/c1-14(22)18-16(20)17(21-11-6-3-7-12-21)19(24-18)23-13-10-15-8-4-2-5-9-15/h2-9,11-12H,10,13H2,1H3,(H-,20,22)/p+1. The molecule has 3 rings (SSSR count). The Labute approximate surface area is 150 Å². The van der Waals surface area contributed by atoms with Gasteiger partial charge in [-0.3, -0.25) is 4.79 Å². The van der Waals surface area contributed by atoms with E-state index in [1.54, 1.807) is 18.7 Å². The molecule has 2 aromatic heterocycles. The maximum atomic E-state index is 11.9. The molecule has 0 aliphatic heterocycles. The van der Waals surface area contributed by atoms with Crippen molar-refractivity contribution in [1.29, 1.82) is 0 Å². The maximum Gasteiger partial charge on any atom is 0.259 e. The van der Waals surface area contributed by atoms with Crippen LogP contribution < -0.4 is 10.3 Å². The number of aryl methyl sites for hydroxylation is 1. The first-order valence-electron chi connectivity index (χ1n) is 7.73. The maximum absolute atomic E-state index is 11.9. The number of thioether (sulfide) groups is 1. The molecule has 122 valence electrons. The number of carbonyl (C=O) groups excluding carboxylic acids is 1. The van der Waals surface area contributed by atoms with Crippen molar-refractivity contribution < 1.29 is 9.36 Å². The normalized spacial score (nSPS) is 10.7. The van der Waals surface area contributed by atoms with Crippen LogP contribution in [0.1, 0.15) is 22.2 Å². The summed E-state index contributed by atoms with van der Waals surface area (Å²) in [7, 11) is 0. The second-order valence-electron chi connectivity index (χ2n) is 5.40. The Morgan fingerprint density at radius 2 is 1.79 bits per heavy atom. The number of hydrogen-bond donors (Lipinski definition) is 1. The van der Waals surface area contributed by atoms with Gasteiger partial charge in [-0.2, -0.15) is 4.57 Å². The van der Waals surface area contributed by atoms with E-state index in [0.29, 0.717) is 10.6 Å². The largest absolute Gasteiger partial charge is 0.392 e. The Kier molecular flexibility index (Phi) is 5.33. The molecule has 0 atom stereocenters. The third kappa shape index (κ3) is 3.68. The highest BCUT2D eigenvalue weighted by molar-refractivity contribution is 8.01. The van der Waals surface area contributed by atoms with E-state index in [0.717, 1.165) is 22.1 Å². The van der Waals surface area contributed by atoms with Gasteiger partial charge in [0.1, 0.15) is 14.8 Å². The lowest BCUT2D eigenvalue weighted by molar-refractivity contribution is -0.596. The summed E-state index contributed by atoms with van der Waals surface area (Å²) < 4.78 is 3.08. The number of nitrogens with zero attached hydrogens (tertiary/aromatic N) is 1. The molecule has 0 radical (unpaired) electrons. The predicted octanol–water partition coefficient (Wildman–Crippen LogP) is 4.14. The quantitative estimate of drug-likeness (QED) is 0.411. The smallest absolute Gasteiger partial charge is 0.259 e. The third-order valence-corrected chi connectivity index (χ3v) is 6.21. The molecule has 1 aromatic carbocycles. The van der Waals surface area contributed by atoms with E-state index in [1.807, 2.05) is 41.2 Å². The fraction of sp³-hybridized carbons (Fsp3) is 0.158.